The minimum Gasteiger partial charge on any atom is -0.392 e. The van der Waals surface area contributed by atoms with Crippen LogP contribution in [0.25, 0.3) is 0 Å². The molecule has 1 aromatic carbocycles. The van der Waals surface area contributed by atoms with Gasteiger partial charge in [0.05, 0.1) is 6.10 Å². The quantitative estimate of drug-likeness (QED) is 0.820. The molecule has 2 nitrogen and oxygen atoms in total. The summed E-state index contributed by atoms with van der Waals surface area (Å²) in [5, 5.41) is 10.5. The molecule has 1 saturated carbocycles. The third-order valence-corrected chi connectivity index (χ3v) is 4.04. The van der Waals surface area contributed by atoms with Gasteiger partial charge in [0.2, 0.25) is 0 Å². The Labute approximate surface area is 104 Å². The normalized spacial score (nSPS) is 20.9. The number of aryl methyl sites for hydroxylation is 1. The van der Waals surface area contributed by atoms with Crippen LogP contribution in [0.1, 0.15) is 36.8 Å². The van der Waals surface area contributed by atoms with Crippen LogP contribution in [0.4, 0.5) is 0 Å². The molecule has 0 saturated heterocycles. The molecule has 3 N–H and O–H groups in total. The van der Waals surface area contributed by atoms with Crippen LogP contribution in [0, 0.1) is 18.8 Å². The molecule has 0 radical (unpaired) electrons. The fourth-order valence-electron chi connectivity index (χ4n) is 2.64. The summed E-state index contributed by atoms with van der Waals surface area (Å²) in [6.07, 6.45) is 2.22. The number of nitrogens with two attached hydrogens (primary N) is 1. The monoisotopic (exact) mass is 233 g/mol. The first-order chi connectivity index (χ1) is 8.13. The van der Waals surface area contributed by atoms with E-state index >= 15 is 0 Å². The van der Waals surface area contributed by atoms with E-state index in [1.165, 1.54) is 24.0 Å². The molecule has 1 fully saturated rings. The van der Waals surface area contributed by atoms with Crippen LogP contribution in [0.5, 0.6) is 0 Å². The van der Waals surface area contributed by atoms with Gasteiger partial charge in [0.25, 0.3) is 0 Å². The second kappa shape index (κ2) is 5.19. The predicted octanol–water partition coefficient (Wildman–Crippen LogP) is 2.44. The molecule has 1 aromatic rings. The molecule has 2 rings (SSSR count). The molecule has 0 aliphatic heterocycles. The second-order valence-electron chi connectivity index (χ2n) is 5.44. The molecule has 0 amide bonds. The SMILES string of the molecule is Cc1cccc(C(CN)C(O)C(C)C2CC2)c1. The van der Waals surface area contributed by atoms with Crippen molar-refractivity contribution in [3.8, 4) is 0 Å². The highest BCUT2D eigenvalue weighted by Crippen LogP contribution is 2.41. The third kappa shape index (κ3) is 2.88. The van der Waals surface area contributed by atoms with E-state index in [1.54, 1.807) is 0 Å². The molecule has 94 valence electrons. The summed E-state index contributed by atoms with van der Waals surface area (Å²) < 4.78 is 0. The highest BCUT2D eigenvalue weighted by atomic mass is 16.3. The summed E-state index contributed by atoms with van der Waals surface area (Å²) in [5.41, 5.74) is 8.26. The van der Waals surface area contributed by atoms with E-state index < -0.39 is 0 Å². The molecule has 1 aliphatic rings. The number of benzene rings is 1. The zero-order valence-corrected chi connectivity index (χ0v) is 10.8. The number of hydrogen-bond donors (Lipinski definition) is 2. The van der Waals surface area contributed by atoms with E-state index in [0.717, 1.165) is 0 Å². The lowest BCUT2D eigenvalue weighted by atomic mass is 9.84. The minimum atomic E-state index is -0.311. The van der Waals surface area contributed by atoms with Gasteiger partial charge in [-0.25, -0.2) is 0 Å². The standard InChI is InChI=1S/C15H23NO/c1-10-4-3-5-13(8-10)14(9-16)15(17)11(2)12-6-7-12/h3-5,8,11-12,14-15,17H,6-7,9,16H2,1-2H3. The van der Waals surface area contributed by atoms with Gasteiger partial charge in [0, 0.05) is 12.5 Å². The molecule has 17 heavy (non-hydrogen) atoms. The number of aliphatic hydroxyl groups is 1. The van der Waals surface area contributed by atoms with Gasteiger partial charge in [-0.3, -0.25) is 0 Å². The maximum Gasteiger partial charge on any atom is 0.0648 e. The summed E-state index contributed by atoms with van der Waals surface area (Å²) in [6, 6.07) is 8.34. The van der Waals surface area contributed by atoms with E-state index in [4.69, 9.17) is 5.73 Å². The summed E-state index contributed by atoms with van der Waals surface area (Å²) in [4.78, 5) is 0. The third-order valence-electron chi connectivity index (χ3n) is 4.04. The Bertz CT molecular complexity index is 373. The van der Waals surface area contributed by atoms with Crippen molar-refractivity contribution in [3.63, 3.8) is 0 Å². The Morgan fingerprint density at radius 3 is 2.65 bits per heavy atom. The van der Waals surface area contributed by atoms with Gasteiger partial charge >= 0.3 is 0 Å². The van der Waals surface area contributed by atoms with Crippen molar-refractivity contribution in [1.82, 2.24) is 0 Å². The lowest BCUT2D eigenvalue weighted by Gasteiger charge is -2.27. The number of hydrogen-bond acceptors (Lipinski definition) is 2. The van der Waals surface area contributed by atoms with Crippen molar-refractivity contribution in [3.05, 3.63) is 35.4 Å². The summed E-state index contributed by atoms with van der Waals surface area (Å²) in [6.45, 7) is 4.75. The van der Waals surface area contributed by atoms with Crippen LogP contribution >= 0.6 is 0 Å². The van der Waals surface area contributed by atoms with Crippen LogP contribution < -0.4 is 5.73 Å². The molecular weight excluding hydrogens is 210 g/mol. The van der Waals surface area contributed by atoms with Crippen molar-refractivity contribution in [2.24, 2.45) is 17.6 Å². The van der Waals surface area contributed by atoms with Gasteiger partial charge in [0.15, 0.2) is 0 Å². The fraction of sp³-hybridized carbons (Fsp3) is 0.600. The van der Waals surface area contributed by atoms with Gasteiger partial charge in [0.1, 0.15) is 0 Å². The van der Waals surface area contributed by atoms with Crippen molar-refractivity contribution < 1.29 is 5.11 Å². The molecule has 1 aliphatic carbocycles. The molecule has 0 aromatic heterocycles. The second-order valence-corrected chi connectivity index (χ2v) is 5.44. The van der Waals surface area contributed by atoms with Gasteiger partial charge < -0.3 is 10.8 Å². The Balaban J connectivity index is 2.14. The Morgan fingerprint density at radius 1 is 1.41 bits per heavy atom. The molecule has 3 atom stereocenters. The molecule has 3 unspecified atom stereocenters. The lowest BCUT2D eigenvalue weighted by Crippen LogP contribution is -2.32. The highest BCUT2D eigenvalue weighted by Gasteiger charge is 2.36. The first-order valence-electron chi connectivity index (χ1n) is 6.58. The van der Waals surface area contributed by atoms with Gasteiger partial charge in [-0.1, -0.05) is 36.8 Å². The molecule has 0 spiro atoms. The van der Waals surface area contributed by atoms with Gasteiger partial charge in [-0.15, -0.1) is 0 Å². The molecule has 0 heterocycles. The van der Waals surface area contributed by atoms with Crippen molar-refractivity contribution >= 4 is 0 Å². The Kier molecular flexibility index (Phi) is 3.85. The van der Waals surface area contributed by atoms with E-state index in [9.17, 15) is 5.11 Å². The average Bonchev–Trinajstić information content (AvgIpc) is 3.13. The van der Waals surface area contributed by atoms with Gasteiger partial charge in [-0.05, 0) is 37.2 Å². The van der Waals surface area contributed by atoms with E-state index in [0.29, 0.717) is 18.4 Å². The molecule has 2 heteroatoms. The van der Waals surface area contributed by atoms with Crippen LogP contribution in [0.2, 0.25) is 0 Å². The zero-order chi connectivity index (χ0) is 12.4. The Hall–Kier alpha value is -0.860. The number of rotatable bonds is 5. The largest absolute Gasteiger partial charge is 0.392 e. The molecular formula is C15H23NO. The summed E-state index contributed by atoms with van der Waals surface area (Å²) in [7, 11) is 0. The minimum absolute atomic E-state index is 0.0745. The first-order valence-corrected chi connectivity index (χ1v) is 6.58. The average molecular weight is 233 g/mol. The van der Waals surface area contributed by atoms with E-state index in [1.807, 2.05) is 6.07 Å². The highest BCUT2D eigenvalue weighted by molar-refractivity contribution is 5.27. The Morgan fingerprint density at radius 2 is 2.12 bits per heavy atom. The van der Waals surface area contributed by atoms with Crippen LogP contribution in [-0.2, 0) is 0 Å². The van der Waals surface area contributed by atoms with Crippen LogP contribution in [0.15, 0.2) is 24.3 Å². The van der Waals surface area contributed by atoms with Crippen molar-refractivity contribution in [2.75, 3.05) is 6.54 Å². The van der Waals surface area contributed by atoms with Crippen molar-refractivity contribution in [2.45, 2.75) is 38.7 Å². The molecule has 0 bridgehead atoms. The first kappa shape index (κ1) is 12.6. The number of aliphatic hydroxyl groups excluding tert-OH is 1. The van der Waals surface area contributed by atoms with Crippen LogP contribution in [-0.4, -0.2) is 17.8 Å². The lowest BCUT2D eigenvalue weighted by molar-refractivity contribution is 0.0801. The van der Waals surface area contributed by atoms with E-state index in [2.05, 4.69) is 32.0 Å². The maximum absolute atomic E-state index is 10.5. The fourth-order valence-corrected chi connectivity index (χ4v) is 2.64. The van der Waals surface area contributed by atoms with Gasteiger partial charge in [-0.2, -0.15) is 0 Å². The van der Waals surface area contributed by atoms with Crippen LogP contribution in [0.3, 0.4) is 0 Å². The predicted molar refractivity (Wildman–Crippen MR) is 70.9 cm³/mol. The summed E-state index contributed by atoms with van der Waals surface area (Å²) in [5.74, 6) is 1.15. The topological polar surface area (TPSA) is 46.2 Å². The summed E-state index contributed by atoms with van der Waals surface area (Å²) >= 11 is 0. The zero-order valence-electron chi connectivity index (χ0n) is 10.8. The smallest absolute Gasteiger partial charge is 0.0648 e. The van der Waals surface area contributed by atoms with E-state index in [-0.39, 0.29) is 12.0 Å². The van der Waals surface area contributed by atoms with Crippen molar-refractivity contribution in [1.29, 1.82) is 0 Å². The maximum atomic E-state index is 10.5.